The zero-order valence-corrected chi connectivity index (χ0v) is 14.1. The number of alkyl halides is 1. The molecule has 1 aromatic rings. The summed E-state index contributed by atoms with van der Waals surface area (Å²) >= 11 is 3.80. The van der Waals surface area contributed by atoms with Gasteiger partial charge in [-0.05, 0) is 37.2 Å². The maximum atomic E-state index is 4.78. The minimum absolute atomic E-state index is 0.325. The van der Waals surface area contributed by atoms with E-state index in [9.17, 15) is 0 Å². The minimum atomic E-state index is 0.325. The second-order valence-corrected chi connectivity index (χ2v) is 8.06. The van der Waals surface area contributed by atoms with Gasteiger partial charge in [0, 0.05) is 11.0 Å². The molecule has 1 fully saturated rings. The van der Waals surface area contributed by atoms with Crippen LogP contribution in [0.3, 0.4) is 0 Å². The Bertz CT molecular complexity index is 386. The number of aromatic nitrogens is 2. The smallest absolute Gasteiger partial charge is 0.0625 e. The Morgan fingerprint density at radius 2 is 2.00 bits per heavy atom. The lowest BCUT2D eigenvalue weighted by atomic mass is 9.89. The molecular weight excluding hydrogens is 300 g/mol. The molecule has 0 radical (unpaired) electrons. The van der Waals surface area contributed by atoms with Gasteiger partial charge < -0.3 is 0 Å². The van der Waals surface area contributed by atoms with Crippen molar-refractivity contribution < 1.29 is 0 Å². The van der Waals surface area contributed by atoms with Gasteiger partial charge in [-0.2, -0.15) is 5.10 Å². The molecule has 1 heterocycles. The zero-order chi connectivity index (χ0) is 13.9. The van der Waals surface area contributed by atoms with E-state index in [-0.39, 0.29) is 0 Å². The highest BCUT2D eigenvalue weighted by Gasteiger charge is 2.22. The van der Waals surface area contributed by atoms with E-state index >= 15 is 0 Å². The number of halogens is 1. The fourth-order valence-corrected chi connectivity index (χ4v) is 3.00. The van der Waals surface area contributed by atoms with Gasteiger partial charge in [-0.25, -0.2) is 0 Å². The lowest BCUT2D eigenvalue weighted by molar-refractivity contribution is 0.327. The molecule has 0 spiro atoms. The summed E-state index contributed by atoms with van der Waals surface area (Å²) in [6, 6.07) is 2.86. The van der Waals surface area contributed by atoms with E-state index in [1.165, 1.54) is 37.8 Å². The Balaban J connectivity index is 1.87. The van der Waals surface area contributed by atoms with Gasteiger partial charge in [0.25, 0.3) is 0 Å². The molecule has 1 saturated carbocycles. The first kappa shape index (κ1) is 15.1. The molecule has 1 atom stereocenters. The highest BCUT2D eigenvalue weighted by atomic mass is 79.9. The van der Waals surface area contributed by atoms with Crippen LogP contribution in [0.4, 0.5) is 0 Å². The van der Waals surface area contributed by atoms with Crippen LogP contribution in [0.25, 0.3) is 0 Å². The average Bonchev–Trinajstić information content (AvgIpc) is 2.84. The number of hydrogen-bond donors (Lipinski definition) is 0. The first-order valence-corrected chi connectivity index (χ1v) is 8.56. The molecule has 0 saturated heterocycles. The Kier molecular flexibility index (Phi) is 5.10. The highest BCUT2D eigenvalue weighted by Crippen LogP contribution is 2.30. The molecule has 2 nitrogen and oxygen atoms in total. The molecule has 0 aliphatic heterocycles. The lowest BCUT2D eigenvalue weighted by Gasteiger charge is -2.25. The first-order chi connectivity index (χ1) is 8.97. The van der Waals surface area contributed by atoms with E-state index in [4.69, 9.17) is 5.10 Å². The standard InChI is InChI=1S/C16H27BrN2/c1-16(2,3)15(17)10-9-13-11-12-19(18-13)14-7-5-4-6-8-14/h11-12,14-15H,4-10H2,1-3H3. The maximum Gasteiger partial charge on any atom is 0.0625 e. The van der Waals surface area contributed by atoms with Gasteiger partial charge in [0.05, 0.1) is 11.7 Å². The predicted molar refractivity (Wildman–Crippen MR) is 84.8 cm³/mol. The lowest BCUT2D eigenvalue weighted by Crippen LogP contribution is -2.20. The van der Waals surface area contributed by atoms with Gasteiger partial charge in [0.1, 0.15) is 0 Å². The molecule has 19 heavy (non-hydrogen) atoms. The average molecular weight is 327 g/mol. The molecule has 0 amide bonds. The van der Waals surface area contributed by atoms with Crippen molar-refractivity contribution in [3.63, 3.8) is 0 Å². The van der Waals surface area contributed by atoms with Crippen LogP contribution in [0.5, 0.6) is 0 Å². The van der Waals surface area contributed by atoms with Gasteiger partial charge in [-0.3, -0.25) is 4.68 Å². The molecule has 2 rings (SSSR count). The molecule has 1 aliphatic rings. The van der Waals surface area contributed by atoms with Crippen molar-refractivity contribution in [1.82, 2.24) is 9.78 Å². The summed E-state index contributed by atoms with van der Waals surface area (Å²) in [6.07, 6.45) is 11.2. The quantitative estimate of drug-likeness (QED) is 0.701. The highest BCUT2D eigenvalue weighted by molar-refractivity contribution is 9.09. The van der Waals surface area contributed by atoms with E-state index in [0.717, 1.165) is 12.8 Å². The van der Waals surface area contributed by atoms with Crippen LogP contribution in [-0.4, -0.2) is 14.6 Å². The molecule has 0 bridgehead atoms. The summed E-state index contributed by atoms with van der Waals surface area (Å²) in [5.41, 5.74) is 1.57. The maximum absolute atomic E-state index is 4.78. The van der Waals surface area contributed by atoms with E-state index in [1.807, 2.05) is 0 Å². The van der Waals surface area contributed by atoms with Crippen molar-refractivity contribution in [2.24, 2.45) is 5.41 Å². The van der Waals surface area contributed by atoms with Crippen LogP contribution in [0.2, 0.25) is 0 Å². The van der Waals surface area contributed by atoms with Gasteiger partial charge >= 0.3 is 0 Å². The van der Waals surface area contributed by atoms with Gasteiger partial charge in [0.2, 0.25) is 0 Å². The van der Waals surface area contributed by atoms with Gasteiger partial charge in [-0.15, -0.1) is 0 Å². The third kappa shape index (κ3) is 4.34. The Morgan fingerprint density at radius 1 is 1.32 bits per heavy atom. The molecule has 0 N–H and O–H groups in total. The fraction of sp³-hybridized carbons (Fsp3) is 0.812. The van der Waals surface area contributed by atoms with Crippen LogP contribution in [-0.2, 0) is 6.42 Å². The van der Waals surface area contributed by atoms with Crippen molar-refractivity contribution >= 4 is 15.9 Å². The SMILES string of the molecule is CC(C)(C)C(Br)CCc1ccn(C2CCCCC2)n1. The van der Waals surface area contributed by atoms with Gasteiger partial charge in [-0.1, -0.05) is 56.0 Å². The predicted octanol–water partition coefficient (Wildman–Crippen LogP) is 5.13. The number of hydrogen-bond acceptors (Lipinski definition) is 1. The van der Waals surface area contributed by atoms with E-state index < -0.39 is 0 Å². The van der Waals surface area contributed by atoms with Crippen molar-refractivity contribution in [3.8, 4) is 0 Å². The molecule has 1 unspecified atom stereocenters. The summed E-state index contributed by atoms with van der Waals surface area (Å²) in [5.74, 6) is 0. The van der Waals surface area contributed by atoms with Crippen molar-refractivity contribution in [3.05, 3.63) is 18.0 Å². The number of nitrogens with zero attached hydrogens (tertiary/aromatic N) is 2. The van der Waals surface area contributed by atoms with Gasteiger partial charge in [0.15, 0.2) is 0 Å². The minimum Gasteiger partial charge on any atom is -0.269 e. The van der Waals surface area contributed by atoms with Crippen molar-refractivity contribution in [1.29, 1.82) is 0 Å². The molecule has 3 heteroatoms. The van der Waals surface area contributed by atoms with E-state index in [2.05, 4.69) is 53.6 Å². The third-order valence-electron chi connectivity index (χ3n) is 4.21. The second kappa shape index (κ2) is 6.43. The van der Waals surface area contributed by atoms with Crippen LogP contribution < -0.4 is 0 Å². The summed E-state index contributed by atoms with van der Waals surface area (Å²) in [7, 11) is 0. The first-order valence-electron chi connectivity index (χ1n) is 7.65. The largest absolute Gasteiger partial charge is 0.269 e. The van der Waals surface area contributed by atoms with E-state index in [1.54, 1.807) is 0 Å². The topological polar surface area (TPSA) is 17.8 Å². The third-order valence-corrected chi connectivity index (χ3v) is 6.04. The van der Waals surface area contributed by atoms with Crippen molar-refractivity contribution in [2.75, 3.05) is 0 Å². The summed E-state index contributed by atoms with van der Waals surface area (Å²) in [5, 5.41) is 4.78. The number of aryl methyl sites for hydroxylation is 1. The normalized spacial score (nSPS) is 19.6. The summed E-state index contributed by atoms with van der Waals surface area (Å²) < 4.78 is 2.22. The second-order valence-electron chi connectivity index (χ2n) is 6.95. The van der Waals surface area contributed by atoms with E-state index in [0.29, 0.717) is 16.3 Å². The van der Waals surface area contributed by atoms with Crippen LogP contribution in [0.15, 0.2) is 12.3 Å². The summed E-state index contributed by atoms with van der Waals surface area (Å²) in [4.78, 5) is 0.555. The molecular formula is C16H27BrN2. The molecule has 1 aromatic heterocycles. The molecule has 0 aromatic carbocycles. The Hall–Kier alpha value is -0.310. The zero-order valence-electron chi connectivity index (χ0n) is 12.5. The monoisotopic (exact) mass is 326 g/mol. The Labute approximate surface area is 126 Å². The van der Waals surface area contributed by atoms with Crippen LogP contribution in [0, 0.1) is 5.41 Å². The Morgan fingerprint density at radius 3 is 2.63 bits per heavy atom. The number of rotatable bonds is 4. The van der Waals surface area contributed by atoms with Crippen LogP contribution in [0.1, 0.15) is 71.0 Å². The molecule has 108 valence electrons. The van der Waals surface area contributed by atoms with Crippen molar-refractivity contribution in [2.45, 2.75) is 76.6 Å². The van der Waals surface area contributed by atoms with Crippen LogP contribution >= 0.6 is 15.9 Å². The fourth-order valence-electron chi connectivity index (χ4n) is 2.77. The molecule has 1 aliphatic carbocycles. The summed E-state index contributed by atoms with van der Waals surface area (Å²) in [6.45, 7) is 6.85.